The van der Waals surface area contributed by atoms with Crippen molar-refractivity contribution in [1.82, 2.24) is 14.6 Å². The molecule has 3 aromatic rings. The summed E-state index contributed by atoms with van der Waals surface area (Å²) in [4.78, 5) is 5.78. The van der Waals surface area contributed by atoms with Crippen LogP contribution in [0.4, 0.5) is 0 Å². The third kappa shape index (κ3) is 2.07. The second-order valence-electron chi connectivity index (χ2n) is 3.83. The van der Waals surface area contributed by atoms with E-state index in [1.807, 2.05) is 24.4 Å². The van der Waals surface area contributed by atoms with Crippen molar-refractivity contribution >= 4 is 17.0 Å². The molecule has 3 aromatic heterocycles. The maximum absolute atomic E-state index is 5.60. The van der Waals surface area contributed by atoms with Crippen LogP contribution in [0.25, 0.3) is 5.65 Å². The summed E-state index contributed by atoms with van der Waals surface area (Å²) in [5, 5.41) is 6.50. The average Bonchev–Trinajstić information content (AvgIpc) is 2.96. The zero-order chi connectivity index (χ0) is 11.7. The Morgan fingerprint density at radius 3 is 3.06 bits per heavy atom. The van der Waals surface area contributed by atoms with Gasteiger partial charge in [0, 0.05) is 24.0 Å². The maximum atomic E-state index is 5.60. The van der Waals surface area contributed by atoms with Gasteiger partial charge in [-0.25, -0.2) is 9.50 Å². The number of pyridine rings is 1. The van der Waals surface area contributed by atoms with E-state index in [1.54, 1.807) is 15.9 Å². The van der Waals surface area contributed by atoms with Crippen molar-refractivity contribution in [3.05, 3.63) is 52.1 Å². The Kier molecular flexibility index (Phi) is 2.62. The topological polar surface area (TPSA) is 56.2 Å². The van der Waals surface area contributed by atoms with E-state index in [-0.39, 0.29) is 0 Å². The summed E-state index contributed by atoms with van der Waals surface area (Å²) in [6, 6.07) is 8.09. The largest absolute Gasteiger partial charge is 0.326 e. The van der Waals surface area contributed by atoms with E-state index in [1.165, 1.54) is 4.88 Å². The summed E-state index contributed by atoms with van der Waals surface area (Å²) in [6.07, 6.45) is 2.69. The molecule has 0 aliphatic rings. The van der Waals surface area contributed by atoms with Crippen LogP contribution < -0.4 is 5.73 Å². The lowest BCUT2D eigenvalue weighted by molar-refractivity contribution is 0.899. The lowest BCUT2D eigenvalue weighted by Crippen LogP contribution is -1.97. The first-order valence-corrected chi connectivity index (χ1v) is 6.30. The third-order valence-electron chi connectivity index (χ3n) is 2.59. The monoisotopic (exact) mass is 244 g/mol. The number of nitrogens with two attached hydrogens (primary N) is 1. The second kappa shape index (κ2) is 4.27. The summed E-state index contributed by atoms with van der Waals surface area (Å²) in [7, 11) is 0. The zero-order valence-electron chi connectivity index (χ0n) is 9.21. The van der Waals surface area contributed by atoms with Gasteiger partial charge in [-0.15, -0.1) is 11.3 Å². The number of aromatic nitrogens is 3. The van der Waals surface area contributed by atoms with Crippen LogP contribution in [0.1, 0.15) is 16.3 Å². The Hall–Kier alpha value is -1.72. The molecule has 0 spiro atoms. The molecule has 17 heavy (non-hydrogen) atoms. The second-order valence-corrected chi connectivity index (χ2v) is 4.86. The van der Waals surface area contributed by atoms with Crippen molar-refractivity contribution in [1.29, 1.82) is 0 Å². The van der Waals surface area contributed by atoms with Gasteiger partial charge in [-0.2, -0.15) is 5.10 Å². The van der Waals surface area contributed by atoms with E-state index in [0.29, 0.717) is 6.54 Å². The highest BCUT2D eigenvalue weighted by Crippen LogP contribution is 2.13. The van der Waals surface area contributed by atoms with Gasteiger partial charge in [-0.1, -0.05) is 6.07 Å². The number of nitrogens with zero attached hydrogens (tertiary/aromatic N) is 3. The van der Waals surface area contributed by atoms with Crippen LogP contribution >= 0.6 is 11.3 Å². The minimum atomic E-state index is 0.531. The highest BCUT2D eigenvalue weighted by Gasteiger charge is 2.05. The molecule has 0 atom stereocenters. The summed E-state index contributed by atoms with van der Waals surface area (Å²) in [5.74, 6) is 0.849. The van der Waals surface area contributed by atoms with E-state index in [9.17, 15) is 0 Å². The molecule has 3 heterocycles. The van der Waals surface area contributed by atoms with Crippen molar-refractivity contribution < 1.29 is 0 Å². The Labute approximate surface area is 103 Å². The van der Waals surface area contributed by atoms with Gasteiger partial charge >= 0.3 is 0 Å². The minimum Gasteiger partial charge on any atom is -0.326 e. The highest BCUT2D eigenvalue weighted by molar-refractivity contribution is 7.09. The molecule has 0 fully saturated rings. The summed E-state index contributed by atoms with van der Waals surface area (Å²) in [6.45, 7) is 0.531. The predicted molar refractivity (Wildman–Crippen MR) is 68.0 cm³/mol. The molecule has 0 saturated heterocycles. The summed E-state index contributed by atoms with van der Waals surface area (Å²) in [5.41, 5.74) is 7.54. The fourth-order valence-electron chi connectivity index (χ4n) is 1.74. The molecule has 0 aromatic carbocycles. The number of hydrogen-bond donors (Lipinski definition) is 1. The highest BCUT2D eigenvalue weighted by atomic mass is 32.1. The lowest BCUT2D eigenvalue weighted by Gasteiger charge is -1.94. The zero-order valence-corrected chi connectivity index (χ0v) is 10.0. The van der Waals surface area contributed by atoms with E-state index in [2.05, 4.69) is 21.5 Å². The molecule has 0 unspecified atom stereocenters. The molecule has 0 aliphatic heterocycles. The van der Waals surface area contributed by atoms with Gasteiger partial charge in [0.1, 0.15) is 0 Å². The van der Waals surface area contributed by atoms with Crippen molar-refractivity contribution in [3.8, 4) is 0 Å². The van der Waals surface area contributed by atoms with E-state index < -0.39 is 0 Å². The Morgan fingerprint density at radius 1 is 1.35 bits per heavy atom. The first kappa shape index (κ1) is 10.4. The van der Waals surface area contributed by atoms with Crippen LogP contribution in [0, 0.1) is 0 Å². The summed E-state index contributed by atoms with van der Waals surface area (Å²) >= 11 is 1.73. The molecule has 0 aliphatic carbocycles. The van der Waals surface area contributed by atoms with Crippen molar-refractivity contribution in [3.63, 3.8) is 0 Å². The first-order chi connectivity index (χ1) is 8.35. The number of rotatable bonds is 3. The molecule has 3 rings (SSSR count). The molecule has 2 N–H and O–H groups in total. The Bertz CT molecular complexity index is 627. The van der Waals surface area contributed by atoms with Crippen molar-refractivity contribution in [2.24, 2.45) is 5.73 Å². The predicted octanol–water partition coefficient (Wildman–Crippen LogP) is 1.84. The molecule has 0 saturated carbocycles. The van der Waals surface area contributed by atoms with Crippen LogP contribution in [0.15, 0.2) is 35.8 Å². The van der Waals surface area contributed by atoms with Crippen LogP contribution in [0.3, 0.4) is 0 Å². The molecule has 0 bridgehead atoms. The maximum Gasteiger partial charge on any atom is 0.156 e. The Morgan fingerprint density at radius 2 is 2.29 bits per heavy atom. The van der Waals surface area contributed by atoms with Crippen molar-refractivity contribution in [2.75, 3.05) is 0 Å². The SMILES string of the molecule is NCc1ccn2nc(Cc3cccs3)nc2c1. The van der Waals surface area contributed by atoms with Gasteiger partial charge < -0.3 is 5.73 Å². The van der Waals surface area contributed by atoms with E-state index in [0.717, 1.165) is 23.5 Å². The molecule has 4 nitrogen and oxygen atoms in total. The van der Waals surface area contributed by atoms with Crippen LogP contribution in [-0.4, -0.2) is 14.6 Å². The molecular weight excluding hydrogens is 232 g/mol. The van der Waals surface area contributed by atoms with Gasteiger partial charge in [0.2, 0.25) is 0 Å². The number of hydrogen-bond acceptors (Lipinski definition) is 4. The fourth-order valence-corrected chi connectivity index (χ4v) is 2.44. The lowest BCUT2D eigenvalue weighted by atomic mass is 10.3. The van der Waals surface area contributed by atoms with Crippen LogP contribution in [-0.2, 0) is 13.0 Å². The van der Waals surface area contributed by atoms with Crippen molar-refractivity contribution in [2.45, 2.75) is 13.0 Å². The molecular formula is C12H12N4S. The molecule has 0 amide bonds. The van der Waals surface area contributed by atoms with E-state index in [4.69, 9.17) is 5.73 Å². The smallest absolute Gasteiger partial charge is 0.156 e. The summed E-state index contributed by atoms with van der Waals surface area (Å²) < 4.78 is 1.79. The minimum absolute atomic E-state index is 0.531. The first-order valence-electron chi connectivity index (χ1n) is 5.42. The quantitative estimate of drug-likeness (QED) is 0.765. The molecule has 86 valence electrons. The van der Waals surface area contributed by atoms with Gasteiger partial charge in [0.15, 0.2) is 11.5 Å². The third-order valence-corrected chi connectivity index (χ3v) is 3.47. The van der Waals surface area contributed by atoms with Gasteiger partial charge in [-0.05, 0) is 29.1 Å². The molecule has 0 radical (unpaired) electrons. The van der Waals surface area contributed by atoms with Gasteiger partial charge in [0.25, 0.3) is 0 Å². The standard InChI is InChI=1S/C12H12N4S/c13-8-9-3-4-16-12(6-9)14-11(15-16)7-10-2-1-5-17-10/h1-6H,7-8,13H2. The van der Waals surface area contributed by atoms with Crippen LogP contribution in [0.2, 0.25) is 0 Å². The number of fused-ring (bicyclic) bond motifs is 1. The number of thiophene rings is 1. The van der Waals surface area contributed by atoms with E-state index >= 15 is 0 Å². The van der Waals surface area contributed by atoms with Gasteiger partial charge in [0.05, 0.1) is 0 Å². The van der Waals surface area contributed by atoms with Crippen LogP contribution in [0.5, 0.6) is 0 Å². The van der Waals surface area contributed by atoms with Gasteiger partial charge in [-0.3, -0.25) is 0 Å². The normalized spacial score (nSPS) is 11.1. The molecule has 5 heteroatoms. The average molecular weight is 244 g/mol. The Balaban J connectivity index is 1.96. The fraction of sp³-hybridized carbons (Fsp3) is 0.167.